The maximum Gasteiger partial charge on any atom is 0.140 e. The Hall–Kier alpha value is -1.56. The second-order valence-electron chi connectivity index (χ2n) is 3.06. The predicted octanol–water partition coefficient (Wildman–Crippen LogP) is 1.76. The minimum atomic E-state index is 0.635. The lowest BCUT2D eigenvalue weighted by Gasteiger charge is -2.06. The highest BCUT2D eigenvalue weighted by Crippen LogP contribution is 2.21. The van der Waals surface area contributed by atoms with E-state index in [-0.39, 0.29) is 0 Å². The quantitative estimate of drug-likeness (QED) is 0.792. The molecule has 0 aliphatic rings. The number of H-pyrrole nitrogens is 1. The molecule has 0 aromatic carbocycles. The van der Waals surface area contributed by atoms with E-state index in [9.17, 15) is 0 Å². The Balaban J connectivity index is 2.05. The molecule has 6 heteroatoms. The Labute approximate surface area is 95.2 Å². The highest BCUT2D eigenvalue weighted by Gasteiger charge is 2.01. The van der Waals surface area contributed by atoms with E-state index in [0.29, 0.717) is 12.2 Å². The fourth-order valence-electron chi connectivity index (χ4n) is 1.14. The van der Waals surface area contributed by atoms with Gasteiger partial charge in [0, 0.05) is 18.3 Å². The number of halogens is 1. The van der Waals surface area contributed by atoms with Gasteiger partial charge in [0.2, 0.25) is 0 Å². The van der Waals surface area contributed by atoms with Crippen LogP contribution in [0.2, 0.25) is 0 Å². The minimum Gasteiger partial charge on any atom is -0.397 e. The summed E-state index contributed by atoms with van der Waals surface area (Å²) in [5, 5.41) is 9.77. The van der Waals surface area contributed by atoms with E-state index in [1.165, 1.54) is 0 Å². The molecule has 0 amide bonds. The first-order chi connectivity index (χ1) is 7.25. The van der Waals surface area contributed by atoms with Crippen LogP contribution in [0, 0.1) is 0 Å². The summed E-state index contributed by atoms with van der Waals surface area (Å²) < 4.78 is 0.853. The molecule has 0 spiro atoms. The summed E-state index contributed by atoms with van der Waals surface area (Å²) in [5.41, 5.74) is 7.29. The first kappa shape index (κ1) is 9.97. The standard InChI is InChI=1S/C9H10BrN5/c10-8-1-7(11)5-13-9(8)12-2-6-3-14-15-4-6/h1,3-5H,2,11H2,(H,12,13)(H,14,15). The van der Waals surface area contributed by atoms with Crippen LogP contribution < -0.4 is 11.1 Å². The molecule has 5 nitrogen and oxygen atoms in total. The molecule has 0 saturated heterocycles. The van der Waals surface area contributed by atoms with Gasteiger partial charge in [-0.3, -0.25) is 5.10 Å². The van der Waals surface area contributed by atoms with Gasteiger partial charge in [-0.25, -0.2) is 4.98 Å². The van der Waals surface area contributed by atoms with Crippen molar-refractivity contribution in [1.29, 1.82) is 0 Å². The van der Waals surface area contributed by atoms with E-state index in [0.717, 1.165) is 15.9 Å². The molecule has 2 aromatic heterocycles. The Bertz CT molecular complexity index is 440. The molecule has 0 atom stereocenters. The van der Waals surface area contributed by atoms with Crippen molar-refractivity contribution in [1.82, 2.24) is 15.2 Å². The summed E-state index contributed by atoms with van der Waals surface area (Å²) in [4.78, 5) is 4.16. The Morgan fingerprint density at radius 1 is 1.47 bits per heavy atom. The topological polar surface area (TPSA) is 79.6 Å². The number of nitrogens with one attached hydrogen (secondary N) is 2. The van der Waals surface area contributed by atoms with Gasteiger partial charge < -0.3 is 11.1 Å². The number of aromatic nitrogens is 3. The van der Waals surface area contributed by atoms with E-state index in [1.807, 2.05) is 12.3 Å². The van der Waals surface area contributed by atoms with Crippen LogP contribution in [0.25, 0.3) is 0 Å². The third kappa shape index (κ3) is 2.47. The molecule has 15 heavy (non-hydrogen) atoms. The van der Waals surface area contributed by atoms with E-state index < -0.39 is 0 Å². The van der Waals surface area contributed by atoms with Crippen molar-refractivity contribution in [3.63, 3.8) is 0 Å². The summed E-state index contributed by atoms with van der Waals surface area (Å²) in [6.45, 7) is 0.673. The summed E-state index contributed by atoms with van der Waals surface area (Å²) in [6.07, 6.45) is 5.21. The maximum absolute atomic E-state index is 5.58. The summed E-state index contributed by atoms with van der Waals surface area (Å²) >= 11 is 3.38. The molecule has 2 heterocycles. The first-order valence-corrected chi connectivity index (χ1v) is 5.17. The molecule has 0 fully saturated rings. The smallest absolute Gasteiger partial charge is 0.140 e. The fourth-order valence-corrected chi connectivity index (χ4v) is 1.65. The van der Waals surface area contributed by atoms with Gasteiger partial charge >= 0.3 is 0 Å². The van der Waals surface area contributed by atoms with Crippen LogP contribution in [-0.4, -0.2) is 15.2 Å². The third-order valence-electron chi connectivity index (χ3n) is 1.88. The van der Waals surface area contributed by atoms with E-state index in [1.54, 1.807) is 12.4 Å². The number of hydrogen-bond acceptors (Lipinski definition) is 4. The monoisotopic (exact) mass is 267 g/mol. The molecule has 4 N–H and O–H groups in total. The molecule has 0 aliphatic carbocycles. The summed E-state index contributed by atoms with van der Waals surface area (Å²) in [5.74, 6) is 0.769. The van der Waals surface area contributed by atoms with Crippen molar-refractivity contribution < 1.29 is 0 Å². The van der Waals surface area contributed by atoms with Gasteiger partial charge in [-0.05, 0) is 22.0 Å². The van der Waals surface area contributed by atoms with Crippen LogP contribution in [0.15, 0.2) is 29.1 Å². The number of aromatic amines is 1. The lowest BCUT2D eigenvalue weighted by atomic mass is 10.3. The number of anilines is 2. The molecule has 0 bridgehead atoms. The van der Waals surface area contributed by atoms with Crippen molar-refractivity contribution >= 4 is 27.4 Å². The van der Waals surface area contributed by atoms with Gasteiger partial charge in [-0.15, -0.1) is 0 Å². The van der Waals surface area contributed by atoms with Crippen LogP contribution in [0.4, 0.5) is 11.5 Å². The fraction of sp³-hybridized carbons (Fsp3) is 0.111. The van der Waals surface area contributed by atoms with Crippen LogP contribution >= 0.6 is 15.9 Å². The lowest BCUT2D eigenvalue weighted by Crippen LogP contribution is -2.01. The summed E-state index contributed by atoms with van der Waals surface area (Å²) in [7, 11) is 0. The van der Waals surface area contributed by atoms with E-state index in [4.69, 9.17) is 5.73 Å². The second-order valence-corrected chi connectivity index (χ2v) is 3.91. The largest absolute Gasteiger partial charge is 0.397 e. The normalized spacial score (nSPS) is 10.2. The van der Waals surface area contributed by atoms with Gasteiger partial charge in [0.25, 0.3) is 0 Å². The Morgan fingerprint density at radius 2 is 2.33 bits per heavy atom. The average Bonchev–Trinajstić information content (AvgIpc) is 2.69. The van der Waals surface area contributed by atoms with Crippen molar-refractivity contribution in [2.24, 2.45) is 0 Å². The SMILES string of the molecule is Nc1cnc(NCc2cn[nH]c2)c(Br)c1. The molecular formula is C9H10BrN5. The number of nitrogens with two attached hydrogens (primary N) is 1. The number of rotatable bonds is 3. The van der Waals surface area contributed by atoms with Gasteiger partial charge in [0.1, 0.15) is 5.82 Å². The lowest BCUT2D eigenvalue weighted by molar-refractivity contribution is 1.09. The molecule has 0 unspecified atom stereocenters. The molecule has 78 valence electrons. The van der Waals surface area contributed by atoms with Gasteiger partial charge in [-0.2, -0.15) is 5.10 Å². The van der Waals surface area contributed by atoms with Gasteiger partial charge in [0.05, 0.1) is 22.6 Å². The number of nitrogens with zero attached hydrogens (tertiary/aromatic N) is 2. The van der Waals surface area contributed by atoms with Crippen molar-refractivity contribution in [2.45, 2.75) is 6.54 Å². The Morgan fingerprint density at radius 3 is 3.00 bits per heavy atom. The van der Waals surface area contributed by atoms with E-state index >= 15 is 0 Å². The second kappa shape index (κ2) is 4.31. The average molecular weight is 268 g/mol. The van der Waals surface area contributed by atoms with Crippen LogP contribution in [0.1, 0.15) is 5.56 Å². The zero-order valence-corrected chi connectivity index (χ0v) is 9.45. The first-order valence-electron chi connectivity index (χ1n) is 4.38. The van der Waals surface area contributed by atoms with Crippen LogP contribution in [-0.2, 0) is 6.54 Å². The molecule has 2 aromatic rings. The summed E-state index contributed by atoms with van der Waals surface area (Å²) in [6, 6.07) is 1.81. The minimum absolute atomic E-state index is 0.635. The number of hydrogen-bond donors (Lipinski definition) is 3. The van der Waals surface area contributed by atoms with Crippen LogP contribution in [0.3, 0.4) is 0 Å². The zero-order valence-electron chi connectivity index (χ0n) is 7.87. The Kier molecular flexibility index (Phi) is 2.86. The molecule has 0 aliphatic heterocycles. The van der Waals surface area contributed by atoms with Gasteiger partial charge in [-0.1, -0.05) is 0 Å². The van der Waals surface area contributed by atoms with Crippen molar-refractivity contribution in [2.75, 3.05) is 11.1 Å². The number of nitrogen functional groups attached to an aromatic ring is 1. The predicted molar refractivity (Wildman–Crippen MR) is 62.3 cm³/mol. The third-order valence-corrected chi connectivity index (χ3v) is 2.48. The highest BCUT2D eigenvalue weighted by atomic mass is 79.9. The van der Waals surface area contributed by atoms with Crippen LogP contribution in [0.5, 0.6) is 0 Å². The van der Waals surface area contributed by atoms with Crippen molar-refractivity contribution in [3.8, 4) is 0 Å². The zero-order chi connectivity index (χ0) is 10.7. The number of pyridine rings is 1. The van der Waals surface area contributed by atoms with Gasteiger partial charge in [0.15, 0.2) is 0 Å². The van der Waals surface area contributed by atoms with E-state index in [2.05, 4.69) is 36.4 Å². The highest BCUT2D eigenvalue weighted by molar-refractivity contribution is 9.10. The molecule has 0 radical (unpaired) electrons. The maximum atomic E-state index is 5.58. The molecule has 2 rings (SSSR count). The molecular weight excluding hydrogens is 258 g/mol. The van der Waals surface area contributed by atoms with Crippen molar-refractivity contribution in [3.05, 3.63) is 34.7 Å². The molecule has 0 saturated carbocycles.